The summed E-state index contributed by atoms with van der Waals surface area (Å²) in [6, 6.07) is 7.87. The number of hydrogen-bond acceptors (Lipinski definition) is 12. The standard InChI is InChI=1S/C8H9NO2.C8H7NO2.C8H11NO2.C8H9NO2/c2*10-7-3-5-1-2-9-6(5)4-8(7)11;2*9-4-3-6-1-2-7(10)8(11)5-6/h3-4,9-11H,1-2H2;3-4,9H,1-2H2;1-2,5,10-11H,3-4,9H2;1-2,5H,3-4,9H2. The molecule has 2 aliphatic carbocycles. The van der Waals surface area contributed by atoms with E-state index in [0.717, 1.165) is 59.6 Å². The number of fused-ring (bicyclic) bond motifs is 2. The summed E-state index contributed by atoms with van der Waals surface area (Å²) in [4.78, 5) is 43.1. The monoisotopic (exact) mass is 604 g/mol. The Labute approximate surface area is 254 Å². The summed E-state index contributed by atoms with van der Waals surface area (Å²) in [6.07, 6.45) is 10.2. The predicted octanol–water partition coefficient (Wildman–Crippen LogP) is 1.58. The number of hydrogen-bond donors (Lipinski definition) is 8. The van der Waals surface area contributed by atoms with Gasteiger partial charge in [0.15, 0.2) is 23.0 Å². The van der Waals surface area contributed by atoms with Crippen molar-refractivity contribution in [3.63, 3.8) is 0 Å². The van der Waals surface area contributed by atoms with Crippen LogP contribution in [-0.4, -0.2) is 69.7 Å². The molecule has 1 saturated heterocycles. The van der Waals surface area contributed by atoms with E-state index in [0.29, 0.717) is 25.9 Å². The van der Waals surface area contributed by atoms with E-state index in [4.69, 9.17) is 31.9 Å². The minimum atomic E-state index is -0.453. The molecule has 2 aromatic carbocycles. The van der Waals surface area contributed by atoms with Crippen LogP contribution in [0.5, 0.6) is 23.0 Å². The SMILES string of the molecule is NCCC1=CC(=O)C(=O)C=C1.NCCc1ccc(O)c(O)c1.O=C1C=C2CCNC2=CC1=O.Oc1cc2c(cc1O)NCC2. The molecule has 0 unspecified atom stereocenters. The Morgan fingerprint density at radius 1 is 0.636 bits per heavy atom. The molecule has 0 bridgehead atoms. The highest BCUT2D eigenvalue weighted by Crippen LogP contribution is 2.33. The van der Waals surface area contributed by atoms with Crippen molar-refractivity contribution in [1.29, 1.82) is 0 Å². The fourth-order valence-corrected chi connectivity index (χ4v) is 4.39. The van der Waals surface area contributed by atoms with Crippen molar-refractivity contribution >= 4 is 28.8 Å². The number of rotatable bonds is 4. The zero-order valence-corrected chi connectivity index (χ0v) is 24.0. The highest BCUT2D eigenvalue weighted by atomic mass is 16.3. The molecule has 6 rings (SSSR count). The zero-order valence-electron chi connectivity index (χ0n) is 24.0. The van der Waals surface area contributed by atoms with Crippen LogP contribution in [0.1, 0.15) is 24.0 Å². The highest BCUT2D eigenvalue weighted by Gasteiger charge is 2.22. The second-order valence-electron chi connectivity index (χ2n) is 9.99. The summed E-state index contributed by atoms with van der Waals surface area (Å²) < 4.78 is 0. The summed E-state index contributed by atoms with van der Waals surface area (Å²) >= 11 is 0. The second-order valence-corrected chi connectivity index (χ2v) is 9.99. The lowest BCUT2D eigenvalue weighted by Gasteiger charge is -2.04. The average Bonchev–Trinajstić information content (AvgIpc) is 3.63. The van der Waals surface area contributed by atoms with E-state index < -0.39 is 23.1 Å². The van der Waals surface area contributed by atoms with E-state index in [9.17, 15) is 19.2 Å². The molecule has 10 N–H and O–H groups in total. The summed E-state index contributed by atoms with van der Waals surface area (Å²) in [7, 11) is 0. The Bertz CT molecular complexity index is 1500. The van der Waals surface area contributed by atoms with Gasteiger partial charge in [0, 0.05) is 36.6 Å². The molecule has 1 fully saturated rings. The second kappa shape index (κ2) is 15.9. The average molecular weight is 605 g/mol. The number of nitrogens with one attached hydrogen (secondary N) is 2. The van der Waals surface area contributed by atoms with Crippen LogP contribution in [0, 0.1) is 0 Å². The van der Waals surface area contributed by atoms with E-state index in [1.807, 2.05) is 0 Å². The molecule has 44 heavy (non-hydrogen) atoms. The van der Waals surface area contributed by atoms with Crippen molar-refractivity contribution < 1.29 is 39.6 Å². The Kier molecular flexibility index (Phi) is 12.0. The van der Waals surface area contributed by atoms with E-state index in [-0.39, 0.29) is 23.0 Å². The van der Waals surface area contributed by atoms with Crippen LogP contribution in [0.3, 0.4) is 0 Å². The number of carbonyl (C=O) groups is 4. The van der Waals surface area contributed by atoms with E-state index in [1.165, 1.54) is 36.4 Å². The number of allylic oxidation sites excluding steroid dienone is 6. The molecule has 0 atom stereocenters. The first-order valence-electron chi connectivity index (χ1n) is 13.9. The molecule has 12 heteroatoms. The van der Waals surface area contributed by atoms with Crippen molar-refractivity contribution in [3.05, 3.63) is 88.7 Å². The number of carbonyl (C=O) groups excluding carboxylic acids is 4. The van der Waals surface area contributed by atoms with Gasteiger partial charge in [0.2, 0.25) is 23.1 Å². The molecule has 2 heterocycles. The number of nitrogens with two attached hydrogens (primary N) is 2. The maximum atomic E-state index is 10.8. The third-order valence-electron chi connectivity index (χ3n) is 6.70. The van der Waals surface area contributed by atoms with Gasteiger partial charge in [-0.3, -0.25) is 19.2 Å². The van der Waals surface area contributed by atoms with E-state index in [1.54, 1.807) is 24.3 Å². The Morgan fingerprint density at radius 2 is 1.27 bits per heavy atom. The molecule has 0 saturated carbocycles. The van der Waals surface area contributed by atoms with Crippen LogP contribution < -0.4 is 22.1 Å². The van der Waals surface area contributed by atoms with Crippen molar-refractivity contribution in [3.8, 4) is 23.0 Å². The Hall–Kier alpha value is -5.20. The molecule has 12 nitrogen and oxygen atoms in total. The highest BCUT2D eigenvalue weighted by molar-refractivity contribution is 6.47. The van der Waals surface area contributed by atoms with E-state index >= 15 is 0 Å². The summed E-state index contributed by atoms with van der Waals surface area (Å²) in [5, 5.41) is 42.3. The fourth-order valence-electron chi connectivity index (χ4n) is 4.39. The summed E-state index contributed by atoms with van der Waals surface area (Å²) in [5.74, 6) is -1.99. The van der Waals surface area contributed by atoms with Gasteiger partial charge in [-0.15, -0.1) is 0 Å². The first-order chi connectivity index (χ1) is 21.0. The lowest BCUT2D eigenvalue weighted by molar-refractivity contribution is -0.131. The van der Waals surface area contributed by atoms with Gasteiger partial charge in [-0.25, -0.2) is 0 Å². The van der Waals surface area contributed by atoms with Gasteiger partial charge in [-0.1, -0.05) is 12.1 Å². The number of ketones is 4. The number of aromatic hydroxyl groups is 4. The Balaban J connectivity index is 0.000000160. The molecule has 4 aliphatic rings. The van der Waals surface area contributed by atoms with Gasteiger partial charge in [-0.2, -0.15) is 0 Å². The van der Waals surface area contributed by atoms with Crippen LogP contribution in [0.2, 0.25) is 0 Å². The lowest BCUT2D eigenvalue weighted by Crippen LogP contribution is -2.16. The van der Waals surface area contributed by atoms with Gasteiger partial charge in [0.1, 0.15) is 0 Å². The zero-order chi connectivity index (χ0) is 32.2. The first-order valence-corrected chi connectivity index (χ1v) is 13.9. The minimum absolute atomic E-state index is 0.0348. The van der Waals surface area contributed by atoms with Gasteiger partial charge >= 0.3 is 0 Å². The number of benzene rings is 2. The van der Waals surface area contributed by atoms with Crippen LogP contribution in [0.4, 0.5) is 5.69 Å². The van der Waals surface area contributed by atoms with Crippen LogP contribution in [0.15, 0.2) is 77.6 Å². The fraction of sp³-hybridized carbons (Fsp3) is 0.250. The lowest BCUT2D eigenvalue weighted by atomic mass is 10.0. The number of anilines is 1. The molecular weight excluding hydrogens is 568 g/mol. The summed E-state index contributed by atoms with van der Waals surface area (Å²) in [5.41, 5.74) is 16.1. The van der Waals surface area contributed by atoms with Gasteiger partial charge in [-0.05, 0) is 97.5 Å². The quantitative estimate of drug-likeness (QED) is 0.108. The topological polar surface area (TPSA) is 225 Å². The van der Waals surface area contributed by atoms with Gasteiger partial charge in [0.25, 0.3) is 0 Å². The minimum Gasteiger partial charge on any atom is -0.504 e. The van der Waals surface area contributed by atoms with Gasteiger partial charge < -0.3 is 42.5 Å². The molecule has 0 aromatic heterocycles. The van der Waals surface area contributed by atoms with Crippen LogP contribution in [-0.2, 0) is 32.0 Å². The molecule has 232 valence electrons. The predicted molar refractivity (Wildman–Crippen MR) is 164 cm³/mol. The number of phenolic OH excluding ortho intramolecular Hbond substituents is 4. The van der Waals surface area contributed by atoms with E-state index in [2.05, 4.69) is 10.6 Å². The first kappa shape index (κ1) is 33.3. The molecule has 2 aromatic rings. The van der Waals surface area contributed by atoms with Crippen LogP contribution >= 0.6 is 0 Å². The number of phenols is 4. The normalized spacial score (nSPS) is 15.8. The molecular formula is C32H36N4O8. The smallest absolute Gasteiger partial charge is 0.227 e. The molecule has 0 amide bonds. The third kappa shape index (κ3) is 9.41. The van der Waals surface area contributed by atoms with Crippen molar-refractivity contribution in [2.75, 3.05) is 31.5 Å². The van der Waals surface area contributed by atoms with Crippen molar-refractivity contribution in [2.24, 2.45) is 11.5 Å². The molecule has 0 radical (unpaired) electrons. The maximum Gasteiger partial charge on any atom is 0.227 e. The van der Waals surface area contributed by atoms with Crippen molar-refractivity contribution in [2.45, 2.75) is 25.7 Å². The Morgan fingerprint density at radius 3 is 1.95 bits per heavy atom. The van der Waals surface area contributed by atoms with Gasteiger partial charge in [0.05, 0.1) is 0 Å². The maximum absolute atomic E-state index is 10.8. The molecule has 2 aliphatic heterocycles. The largest absolute Gasteiger partial charge is 0.504 e. The summed E-state index contributed by atoms with van der Waals surface area (Å²) in [6.45, 7) is 2.76. The molecule has 0 spiro atoms. The van der Waals surface area contributed by atoms with Crippen LogP contribution in [0.25, 0.3) is 0 Å². The third-order valence-corrected chi connectivity index (χ3v) is 6.70. The van der Waals surface area contributed by atoms with Crippen molar-refractivity contribution in [1.82, 2.24) is 5.32 Å².